The number of nitro benzene ring substituents is 1. The summed E-state index contributed by atoms with van der Waals surface area (Å²) >= 11 is 0. The number of aryl methyl sites for hydroxylation is 1. The molecule has 2 heterocycles. The van der Waals surface area contributed by atoms with Crippen LogP contribution in [0.3, 0.4) is 0 Å². The first kappa shape index (κ1) is 18.4. The first-order valence-corrected chi connectivity index (χ1v) is 9.03. The molecule has 2 N–H and O–H groups in total. The number of nitrogens with zero attached hydrogens (tertiary/aromatic N) is 3. The van der Waals surface area contributed by atoms with Gasteiger partial charge >= 0.3 is 0 Å². The molecule has 7 nitrogen and oxygen atoms in total. The molecule has 0 aliphatic heterocycles. The van der Waals surface area contributed by atoms with E-state index in [1.165, 1.54) is 12.1 Å². The number of aromatic hydroxyl groups is 1. The fraction of sp³-hybridized carbons (Fsp3) is 0.0909. The summed E-state index contributed by atoms with van der Waals surface area (Å²) in [4.78, 5) is 19.2. The van der Waals surface area contributed by atoms with Crippen LogP contribution in [0, 0.1) is 17.0 Å². The first-order valence-electron chi connectivity index (χ1n) is 9.03. The van der Waals surface area contributed by atoms with E-state index in [-0.39, 0.29) is 11.4 Å². The molecule has 0 bridgehead atoms. The summed E-state index contributed by atoms with van der Waals surface area (Å²) in [6.07, 6.45) is 3.33. The molecular formula is C22H18N4O3. The van der Waals surface area contributed by atoms with Crippen molar-refractivity contribution in [2.75, 3.05) is 5.32 Å². The SMILES string of the molecule is Cc1ccnc(N[C@@H](c2ccc([N+](=O)[O-])cc2)c2ccc3cccnc3c2O)c1. The molecule has 0 unspecified atom stereocenters. The Balaban J connectivity index is 1.83. The number of nitro groups is 1. The van der Waals surface area contributed by atoms with Crippen molar-refractivity contribution in [2.24, 2.45) is 0 Å². The predicted molar refractivity (Wildman–Crippen MR) is 111 cm³/mol. The van der Waals surface area contributed by atoms with Gasteiger partial charge in [0, 0.05) is 35.5 Å². The van der Waals surface area contributed by atoms with E-state index in [1.54, 1.807) is 24.5 Å². The lowest BCUT2D eigenvalue weighted by atomic mass is 9.96. The molecule has 0 spiro atoms. The van der Waals surface area contributed by atoms with Crippen LogP contribution < -0.4 is 5.32 Å². The molecule has 0 aliphatic rings. The molecule has 0 fully saturated rings. The van der Waals surface area contributed by atoms with Crippen molar-refractivity contribution in [3.63, 3.8) is 0 Å². The maximum absolute atomic E-state index is 11.0. The summed E-state index contributed by atoms with van der Waals surface area (Å²) < 4.78 is 0. The average Bonchev–Trinajstić information content (AvgIpc) is 2.73. The zero-order valence-corrected chi connectivity index (χ0v) is 15.6. The molecule has 7 heteroatoms. The molecule has 2 aromatic carbocycles. The lowest BCUT2D eigenvalue weighted by Crippen LogP contribution is -2.14. The van der Waals surface area contributed by atoms with Crippen molar-refractivity contribution in [2.45, 2.75) is 13.0 Å². The van der Waals surface area contributed by atoms with Crippen LogP contribution in [0.4, 0.5) is 11.5 Å². The number of hydrogen-bond acceptors (Lipinski definition) is 6. The Hall–Kier alpha value is -4.00. The van der Waals surface area contributed by atoms with E-state index >= 15 is 0 Å². The summed E-state index contributed by atoms with van der Waals surface area (Å²) in [5.41, 5.74) is 2.90. The summed E-state index contributed by atoms with van der Waals surface area (Å²) in [5, 5.41) is 26.1. The number of anilines is 1. The third kappa shape index (κ3) is 3.70. The highest BCUT2D eigenvalue weighted by Gasteiger charge is 2.21. The Morgan fingerprint density at radius 1 is 1.03 bits per heavy atom. The zero-order chi connectivity index (χ0) is 20.4. The Morgan fingerprint density at radius 3 is 2.55 bits per heavy atom. The van der Waals surface area contributed by atoms with Crippen LogP contribution in [0.1, 0.15) is 22.7 Å². The quantitative estimate of drug-likeness (QED) is 0.379. The largest absolute Gasteiger partial charge is 0.505 e. The predicted octanol–water partition coefficient (Wildman–Crippen LogP) is 4.75. The van der Waals surface area contributed by atoms with Gasteiger partial charge in [-0.15, -0.1) is 0 Å². The second-order valence-corrected chi connectivity index (χ2v) is 6.72. The summed E-state index contributed by atoms with van der Waals surface area (Å²) in [5.74, 6) is 0.695. The standard InChI is InChI=1S/C22H18N4O3/c1-14-10-12-23-19(13-14)25-20(16-4-7-17(8-5-16)26(28)29)18-9-6-15-3-2-11-24-21(15)22(18)27/h2-13,20,27H,1H3,(H,23,25)/t20-/m0/s1. The minimum Gasteiger partial charge on any atom is -0.505 e. The molecule has 0 radical (unpaired) electrons. The van der Waals surface area contributed by atoms with Crippen molar-refractivity contribution in [3.05, 3.63) is 99.9 Å². The number of non-ortho nitro benzene ring substituents is 1. The number of pyridine rings is 2. The van der Waals surface area contributed by atoms with Crippen molar-refractivity contribution >= 4 is 22.4 Å². The highest BCUT2D eigenvalue weighted by Crippen LogP contribution is 2.36. The minimum absolute atomic E-state index is 0.00517. The maximum atomic E-state index is 11.0. The lowest BCUT2D eigenvalue weighted by Gasteiger charge is -2.22. The van der Waals surface area contributed by atoms with E-state index in [0.29, 0.717) is 16.9 Å². The molecule has 0 saturated heterocycles. The van der Waals surface area contributed by atoms with Crippen LogP contribution in [-0.4, -0.2) is 20.0 Å². The van der Waals surface area contributed by atoms with Crippen LogP contribution in [0.15, 0.2) is 73.1 Å². The maximum Gasteiger partial charge on any atom is 0.269 e. The molecule has 0 amide bonds. The first-order chi connectivity index (χ1) is 14.0. The van der Waals surface area contributed by atoms with Crippen LogP contribution in [0.5, 0.6) is 5.75 Å². The van der Waals surface area contributed by atoms with E-state index in [1.807, 2.05) is 43.3 Å². The van der Waals surface area contributed by atoms with E-state index in [4.69, 9.17) is 0 Å². The van der Waals surface area contributed by atoms with Crippen molar-refractivity contribution in [3.8, 4) is 5.75 Å². The fourth-order valence-corrected chi connectivity index (χ4v) is 3.27. The van der Waals surface area contributed by atoms with Gasteiger partial charge in [0.25, 0.3) is 5.69 Å². The molecule has 0 aliphatic carbocycles. The Kier molecular flexibility index (Phi) is 4.78. The van der Waals surface area contributed by atoms with Gasteiger partial charge in [0.2, 0.25) is 0 Å². The van der Waals surface area contributed by atoms with Crippen molar-refractivity contribution in [1.82, 2.24) is 9.97 Å². The molecule has 4 aromatic rings. The van der Waals surface area contributed by atoms with Crippen molar-refractivity contribution in [1.29, 1.82) is 0 Å². The fourth-order valence-electron chi connectivity index (χ4n) is 3.27. The average molecular weight is 386 g/mol. The molecule has 144 valence electrons. The van der Waals surface area contributed by atoms with Gasteiger partial charge in [-0.3, -0.25) is 15.1 Å². The van der Waals surface area contributed by atoms with E-state index in [9.17, 15) is 15.2 Å². The van der Waals surface area contributed by atoms with Gasteiger partial charge in [0.15, 0.2) is 0 Å². The smallest absolute Gasteiger partial charge is 0.269 e. The molecule has 1 atom stereocenters. The number of fused-ring (bicyclic) bond motifs is 1. The van der Waals surface area contributed by atoms with E-state index < -0.39 is 11.0 Å². The Morgan fingerprint density at radius 2 is 1.83 bits per heavy atom. The summed E-state index contributed by atoms with van der Waals surface area (Å²) in [6.45, 7) is 1.96. The molecular weight excluding hydrogens is 368 g/mol. The van der Waals surface area contributed by atoms with Crippen LogP contribution in [0.2, 0.25) is 0 Å². The number of phenolic OH excluding ortho intramolecular Hbond substituents is 1. The summed E-state index contributed by atoms with van der Waals surface area (Å²) in [6, 6.07) is 17.0. The number of benzene rings is 2. The Bertz CT molecular complexity index is 1190. The molecule has 2 aromatic heterocycles. The summed E-state index contributed by atoms with van der Waals surface area (Å²) in [7, 11) is 0. The minimum atomic E-state index is -0.475. The number of rotatable bonds is 5. The second kappa shape index (κ2) is 7.55. The number of nitrogens with one attached hydrogen (secondary N) is 1. The highest BCUT2D eigenvalue weighted by atomic mass is 16.6. The van der Waals surface area contributed by atoms with Gasteiger partial charge in [0.05, 0.1) is 11.0 Å². The van der Waals surface area contributed by atoms with Gasteiger partial charge in [-0.25, -0.2) is 4.98 Å². The molecule has 0 saturated carbocycles. The normalized spacial score (nSPS) is 11.9. The van der Waals surface area contributed by atoms with E-state index in [2.05, 4.69) is 15.3 Å². The zero-order valence-electron chi connectivity index (χ0n) is 15.6. The van der Waals surface area contributed by atoms with Gasteiger partial charge in [0.1, 0.15) is 17.1 Å². The lowest BCUT2D eigenvalue weighted by molar-refractivity contribution is -0.384. The van der Waals surface area contributed by atoms with Gasteiger partial charge < -0.3 is 10.4 Å². The topological polar surface area (TPSA) is 101 Å². The van der Waals surface area contributed by atoms with Crippen LogP contribution in [-0.2, 0) is 0 Å². The van der Waals surface area contributed by atoms with Crippen LogP contribution >= 0.6 is 0 Å². The number of phenols is 1. The number of aromatic nitrogens is 2. The Labute approximate surface area is 166 Å². The molecule has 4 rings (SSSR count). The van der Waals surface area contributed by atoms with Gasteiger partial charge in [-0.05, 0) is 48.4 Å². The van der Waals surface area contributed by atoms with Crippen molar-refractivity contribution < 1.29 is 10.0 Å². The monoisotopic (exact) mass is 386 g/mol. The third-order valence-corrected chi connectivity index (χ3v) is 4.74. The highest BCUT2D eigenvalue weighted by molar-refractivity contribution is 5.86. The van der Waals surface area contributed by atoms with Gasteiger partial charge in [-0.2, -0.15) is 0 Å². The number of hydrogen-bond donors (Lipinski definition) is 2. The van der Waals surface area contributed by atoms with Gasteiger partial charge in [-0.1, -0.05) is 18.2 Å². The van der Waals surface area contributed by atoms with Crippen LogP contribution in [0.25, 0.3) is 10.9 Å². The second-order valence-electron chi connectivity index (χ2n) is 6.72. The van der Waals surface area contributed by atoms with E-state index in [0.717, 1.165) is 16.5 Å². The molecule has 29 heavy (non-hydrogen) atoms. The third-order valence-electron chi connectivity index (χ3n) is 4.74.